The van der Waals surface area contributed by atoms with Gasteiger partial charge in [-0.05, 0) is 62.7 Å². The average Bonchev–Trinajstić information content (AvgIpc) is 3.41. The van der Waals surface area contributed by atoms with E-state index in [2.05, 4.69) is 72.3 Å². The Labute approximate surface area is 242 Å². The fraction of sp³-hybridized carbons (Fsp3) is 0.517. The quantitative estimate of drug-likeness (QED) is 0.323. The number of aromatic nitrogens is 4. The van der Waals surface area contributed by atoms with Crippen molar-refractivity contribution in [2.24, 2.45) is 0 Å². The molecule has 0 saturated carbocycles. The van der Waals surface area contributed by atoms with Gasteiger partial charge in [-0.3, -0.25) is 10.2 Å². The summed E-state index contributed by atoms with van der Waals surface area (Å²) in [7, 11) is -2.12. The maximum Gasteiger partial charge on any atom is 0.414 e. The van der Waals surface area contributed by atoms with Gasteiger partial charge in [0.25, 0.3) is 0 Å². The first kappa shape index (κ1) is 30.1. The van der Waals surface area contributed by atoms with Crippen molar-refractivity contribution in [3.05, 3.63) is 41.4 Å². The molecule has 1 aliphatic rings. The van der Waals surface area contributed by atoms with Crippen molar-refractivity contribution >= 4 is 32.1 Å². The van der Waals surface area contributed by atoms with E-state index in [1.807, 2.05) is 26.8 Å². The maximum atomic E-state index is 13.4. The summed E-state index contributed by atoms with van der Waals surface area (Å²) in [6.45, 7) is 20.9. The van der Waals surface area contributed by atoms with Crippen LogP contribution in [0.5, 0.6) is 0 Å². The Bertz CT molecular complexity index is 1500. The summed E-state index contributed by atoms with van der Waals surface area (Å²) in [5, 5.41) is 20.9. The molecule has 0 aliphatic carbocycles. The van der Waals surface area contributed by atoms with Gasteiger partial charge in [-0.25, -0.2) is 14.8 Å². The Balaban J connectivity index is 1.79. The SMILES string of the molecule is Cc1nnc(Nc2nccc(-c3cc(C#N)c4c(c3)C(C)(CO[Si](C)(C)C(C)(C)C)CN4C(=O)OC(C)(C)C)n2)o1. The van der Waals surface area contributed by atoms with Crippen molar-refractivity contribution in [2.75, 3.05) is 23.4 Å². The Morgan fingerprint density at radius 3 is 2.51 bits per heavy atom. The molecule has 1 aliphatic heterocycles. The van der Waals surface area contributed by atoms with E-state index in [1.165, 1.54) is 0 Å². The number of nitrogens with one attached hydrogen (secondary N) is 1. The lowest BCUT2D eigenvalue weighted by atomic mass is 9.83. The summed E-state index contributed by atoms with van der Waals surface area (Å²) in [5.74, 6) is 0.680. The van der Waals surface area contributed by atoms with Gasteiger partial charge in [0.05, 0.1) is 16.9 Å². The number of rotatable bonds is 6. The van der Waals surface area contributed by atoms with E-state index >= 15 is 0 Å². The zero-order valence-electron chi connectivity index (χ0n) is 25.5. The molecule has 1 amide bonds. The minimum absolute atomic E-state index is 0.0105. The molecule has 11 nitrogen and oxygen atoms in total. The Morgan fingerprint density at radius 1 is 1.22 bits per heavy atom. The molecule has 0 fully saturated rings. The van der Waals surface area contributed by atoms with Crippen LogP contribution < -0.4 is 10.2 Å². The lowest BCUT2D eigenvalue weighted by Gasteiger charge is -2.39. The highest BCUT2D eigenvalue weighted by Crippen LogP contribution is 2.47. The predicted octanol–water partition coefficient (Wildman–Crippen LogP) is 6.48. The monoisotopic (exact) mass is 577 g/mol. The second kappa shape index (κ2) is 10.5. The number of carbonyl (C=O) groups is 1. The third-order valence-electron chi connectivity index (χ3n) is 7.53. The van der Waals surface area contributed by atoms with Crippen molar-refractivity contribution in [3.63, 3.8) is 0 Å². The van der Waals surface area contributed by atoms with Gasteiger partial charge in [0.1, 0.15) is 11.7 Å². The molecule has 3 aromatic rings. The van der Waals surface area contributed by atoms with E-state index in [0.29, 0.717) is 41.6 Å². The maximum absolute atomic E-state index is 13.4. The third-order valence-corrected chi connectivity index (χ3v) is 12.0. The summed E-state index contributed by atoms with van der Waals surface area (Å²) in [5.41, 5.74) is 1.72. The van der Waals surface area contributed by atoms with E-state index in [-0.39, 0.29) is 17.0 Å². The second-order valence-corrected chi connectivity index (χ2v) is 18.0. The van der Waals surface area contributed by atoms with E-state index in [0.717, 1.165) is 5.56 Å². The Kier molecular flexibility index (Phi) is 7.75. The van der Waals surface area contributed by atoms with Crippen molar-refractivity contribution in [2.45, 2.75) is 84.5 Å². The molecule has 0 saturated heterocycles. The van der Waals surface area contributed by atoms with Gasteiger partial charge >= 0.3 is 12.1 Å². The zero-order valence-corrected chi connectivity index (χ0v) is 26.5. The van der Waals surface area contributed by atoms with Crippen LogP contribution in [-0.2, 0) is 14.6 Å². The summed E-state index contributed by atoms with van der Waals surface area (Å²) in [6, 6.07) is 7.96. The molecule has 1 unspecified atom stereocenters. The van der Waals surface area contributed by atoms with Gasteiger partial charge in [-0.2, -0.15) is 5.26 Å². The Morgan fingerprint density at radius 2 is 1.93 bits per heavy atom. The molecule has 2 aromatic heterocycles. The molecule has 1 atom stereocenters. The number of fused-ring (bicyclic) bond motifs is 1. The number of nitrogens with zero attached hydrogens (tertiary/aromatic N) is 6. The van der Waals surface area contributed by atoms with Crippen LogP contribution in [0.4, 0.5) is 22.4 Å². The molecule has 1 N–H and O–H groups in total. The summed E-state index contributed by atoms with van der Waals surface area (Å²) >= 11 is 0. The highest BCUT2D eigenvalue weighted by molar-refractivity contribution is 6.74. The van der Waals surface area contributed by atoms with Crippen molar-refractivity contribution in [1.82, 2.24) is 20.2 Å². The highest BCUT2D eigenvalue weighted by atomic mass is 28.4. The molecule has 218 valence electrons. The van der Waals surface area contributed by atoms with Crippen LogP contribution in [0.15, 0.2) is 28.8 Å². The molecule has 4 rings (SSSR count). The van der Waals surface area contributed by atoms with E-state index in [9.17, 15) is 10.1 Å². The molecule has 12 heteroatoms. The molecule has 0 spiro atoms. The Hall–Kier alpha value is -3.82. The van der Waals surface area contributed by atoms with Gasteiger partial charge in [0.2, 0.25) is 11.8 Å². The fourth-order valence-corrected chi connectivity index (χ4v) is 5.42. The topological polar surface area (TPSA) is 139 Å². The van der Waals surface area contributed by atoms with Crippen LogP contribution in [0.25, 0.3) is 11.3 Å². The lowest BCUT2D eigenvalue weighted by Crippen LogP contribution is -2.46. The van der Waals surface area contributed by atoms with Crippen LogP contribution >= 0.6 is 0 Å². The molecule has 1 aromatic carbocycles. The number of ether oxygens (including phenoxy) is 1. The van der Waals surface area contributed by atoms with Gasteiger partial charge in [-0.15, -0.1) is 5.10 Å². The average molecular weight is 578 g/mol. The molecule has 41 heavy (non-hydrogen) atoms. The largest absolute Gasteiger partial charge is 0.443 e. The van der Waals surface area contributed by atoms with Crippen molar-refractivity contribution in [3.8, 4) is 17.3 Å². The van der Waals surface area contributed by atoms with Gasteiger partial charge < -0.3 is 13.6 Å². The van der Waals surface area contributed by atoms with Crippen molar-refractivity contribution < 1.29 is 18.4 Å². The number of anilines is 3. The molecule has 0 radical (unpaired) electrons. The van der Waals surface area contributed by atoms with E-state index in [4.69, 9.17) is 13.6 Å². The van der Waals surface area contributed by atoms with E-state index < -0.39 is 25.4 Å². The van der Waals surface area contributed by atoms with Gasteiger partial charge in [-0.1, -0.05) is 32.8 Å². The van der Waals surface area contributed by atoms with Crippen LogP contribution in [0.2, 0.25) is 18.1 Å². The minimum Gasteiger partial charge on any atom is -0.443 e. The van der Waals surface area contributed by atoms with Crippen LogP contribution in [0, 0.1) is 18.3 Å². The third kappa shape index (κ3) is 6.41. The number of benzene rings is 1. The zero-order chi connectivity index (χ0) is 30.4. The second-order valence-electron chi connectivity index (χ2n) is 13.2. The normalized spacial score (nSPS) is 17.2. The molecule has 0 bridgehead atoms. The number of aryl methyl sites for hydroxylation is 1. The fourth-order valence-electron chi connectivity index (χ4n) is 4.31. The van der Waals surface area contributed by atoms with Gasteiger partial charge in [0, 0.05) is 37.3 Å². The summed E-state index contributed by atoms with van der Waals surface area (Å²) < 4.78 is 17.8. The number of carbonyl (C=O) groups excluding carboxylic acids is 1. The number of nitriles is 1. The van der Waals surface area contributed by atoms with Crippen LogP contribution in [-0.4, -0.2) is 53.3 Å². The van der Waals surface area contributed by atoms with Crippen LogP contribution in [0.1, 0.15) is 65.5 Å². The molecule has 3 heterocycles. The lowest BCUT2D eigenvalue weighted by molar-refractivity contribution is 0.0575. The minimum atomic E-state index is -2.12. The number of hydrogen-bond acceptors (Lipinski definition) is 10. The summed E-state index contributed by atoms with van der Waals surface area (Å²) in [4.78, 5) is 23.9. The summed E-state index contributed by atoms with van der Waals surface area (Å²) in [6.07, 6.45) is 1.11. The first-order valence-corrected chi connectivity index (χ1v) is 16.5. The predicted molar refractivity (Wildman–Crippen MR) is 159 cm³/mol. The standard InChI is InChI=1S/C29H39N7O4Si/c1-18-34-35-25(39-18)33-24-31-12-11-22(32-24)19-13-20(15-30)23-21(14-19)29(8,17-38-41(9,10)28(5,6)7)16-36(23)26(37)40-27(2,3)4/h11-14H,16-17H2,1-10H3,(H,31,32,33,35). The molecular weight excluding hydrogens is 538 g/mol. The van der Waals surface area contributed by atoms with Crippen LogP contribution in [0.3, 0.4) is 0 Å². The first-order valence-electron chi connectivity index (χ1n) is 13.6. The van der Waals surface area contributed by atoms with Crippen molar-refractivity contribution in [1.29, 1.82) is 5.26 Å². The smallest absolute Gasteiger partial charge is 0.414 e. The highest BCUT2D eigenvalue weighted by Gasteiger charge is 2.47. The number of amides is 1. The first-order chi connectivity index (χ1) is 18.9. The van der Waals surface area contributed by atoms with E-state index in [1.54, 1.807) is 30.2 Å². The molecular formula is C29H39N7O4Si. The number of hydrogen-bond donors (Lipinski definition) is 1. The van der Waals surface area contributed by atoms with Gasteiger partial charge in [0.15, 0.2) is 8.32 Å².